The van der Waals surface area contributed by atoms with Crippen LogP contribution in [0.4, 0.5) is 0 Å². The van der Waals surface area contributed by atoms with Gasteiger partial charge in [-0.1, -0.05) is 65.3 Å². The van der Waals surface area contributed by atoms with Gasteiger partial charge < -0.3 is 10.6 Å². The molecule has 0 bridgehead atoms. The molecular formula is C21H15ClN2O3. The first kappa shape index (κ1) is 18.4. The lowest BCUT2D eigenvalue weighted by atomic mass is 9.98. The fourth-order valence-electron chi connectivity index (χ4n) is 2.42. The topological polar surface area (TPSA) is 81.8 Å². The first-order valence-corrected chi connectivity index (χ1v) is 8.43. The maximum atomic E-state index is 12.7. The summed E-state index contributed by atoms with van der Waals surface area (Å²) in [5.74, 6) is -1.03. The molecule has 0 saturated heterocycles. The third-order valence-electron chi connectivity index (χ3n) is 3.79. The molecule has 0 atom stereocenters. The number of ketones is 1. The molecule has 134 valence electrons. The van der Waals surface area contributed by atoms with Crippen LogP contribution >= 0.6 is 11.6 Å². The zero-order valence-corrected chi connectivity index (χ0v) is 14.9. The number of carbonyl (C=O) groups is 2. The van der Waals surface area contributed by atoms with Gasteiger partial charge in [-0.2, -0.15) is 0 Å². The van der Waals surface area contributed by atoms with Crippen molar-refractivity contribution in [2.75, 3.05) is 0 Å². The highest BCUT2D eigenvalue weighted by Gasteiger charge is 2.19. The second kappa shape index (κ2) is 8.29. The van der Waals surface area contributed by atoms with Crippen LogP contribution in [0.1, 0.15) is 31.8 Å². The summed E-state index contributed by atoms with van der Waals surface area (Å²) in [5.41, 5.74) is 7.15. The zero-order chi connectivity index (χ0) is 19.2. The minimum Gasteiger partial charge on any atom is -0.380 e. The Balaban J connectivity index is 1.84. The van der Waals surface area contributed by atoms with Crippen molar-refractivity contribution in [3.8, 4) is 0 Å². The molecule has 3 aromatic carbocycles. The number of oxime groups is 1. The maximum Gasteiger partial charge on any atom is 0.366 e. The normalized spacial score (nSPS) is 11.1. The second-order valence-electron chi connectivity index (χ2n) is 5.60. The van der Waals surface area contributed by atoms with E-state index in [1.807, 2.05) is 6.07 Å². The van der Waals surface area contributed by atoms with Crippen molar-refractivity contribution >= 4 is 29.2 Å². The van der Waals surface area contributed by atoms with Crippen LogP contribution in [0.5, 0.6) is 0 Å². The van der Waals surface area contributed by atoms with E-state index in [2.05, 4.69) is 5.16 Å². The zero-order valence-electron chi connectivity index (χ0n) is 14.1. The van der Waals surface area contributed by atoms with Crippen LogP contribution in [-0.4, -0.2) is 17.6 Å². The smallest absolute Gasteiger partial charge is 0.366 e. The number of benzene rings is 3. The molecule has 0 saturated carbocycles. The van der Waals surface area contributed by atoms with Gasteiger partial charge in [-0.3, -0.25) is 4.79 Å². The summed E-state index contributed by atoms with van der Waals surface area (Å²) >= 11 is 5.85. The molecule has 0 fully saturated rings. The summed E-state index contributed by atoms with van der Waals surface area (Å²) in [6.45, 7) is 0. The summed E-state index contributed by atoms with van der Waals surface area (Å²) in [5, 5.41) is 4.19. The van der Waals surface area contributed by atoms with Crippen molar-refractivity contribution in [3.63, 3.8) is 0 Å². The van der Waals surface area contributed by atoms with Gasteiger partial charge in [0.05, 0.1) is 5.56 Å². The third-order valence-corrected chi connectivity index (χ3v) is 4.05. The fourth-order valence-corrected chi connectivity index (χ4v) is 2.54. The molecule has 27 heavy (non-hydrogen) atoms. The average Bonchev–Trinajstić information content (AvgIpc) is 2.72. The molecule has 2 N–H and O–H groups in total. The minimum atomic E-state index is -0.771. The molecule has 0 amide bonds. The number of halogens is 1. The lowest BCUT2D eigenvalue weighted by Crippen LogP contribution is -2.16. The number of amidine groups is 1. The summed E-state index contributed by atoms with van der Waals surface area (Å²) in [4.78, 5) is 30.1. The van der Waals surface area contributed by atoms with Gasteiger partial charge in [-0.05, 0) is 30.3 Å². The molecule has 0 heterocycles. The van der Waals surface area contributed by atoms with E-state index in [1.165, 1.54) is 6.07 Å². The molecule has 0 aliphatic rings. The van der Waals surface area contributed by atoms with Crippen LogP contribution in [0.3, 0.4) is 0 Å². The van der Waals surface area contributed by atoms with Crippen molar-refractivity contribution in [1.29, 1.82) is 0 Å². The van der Waals surface area contributed by atoms with Crippen molar-refractivity contribution in [1.82, 2.24) is 0 Å². The quantitative estimate of drug-likeness (QED) is 0.239. The van der Waals surface area contributed by atoms with E-state index >= 15 is 0 Å². The Morgan fingerprint density at radius 1 is 0.778 bits per heavy atom. The molecule has 0 spiro atoms. The van der Waals surface area contributed by atoms with Gasteiger partial charge in [0.2, 0.25) is 0 Å². The van der Waals surface area contributed by atoms with Crippen LogP contribution < -0.4 is 5.73 Å². The SMILES string of the molecule is N/C(=N\OC(=O)c1ccccc1C(=O)c1ccc(Cl)cc1)c1ccccc1. The number of hydrogen-bond acceptors (Lipinski definition) is 4. The van der Waals surface area contributed by atoms with Crippen molar-refractivity contribution in [2.24, 2.45) is 10.9 Å². The van der Waals surface area contributed by atoms with Crippen LogP contribution in [0.2, 0.25) is 5.02 Å². The molecule has 0 aromatic heterocycles. The van der Waals surface area contributed by atoms with Gasteiger partial charge in [0, 0.05) is 21.7 Å². The largest absolute Gasteiger partial charge is 0.380 e. The van der Waals surface area contributed by atoms with E-state index in [0.717, 1.165) is 0 Å². The van der Waals surface area contributed by atoms with Gasteiger partial charge in [0.1, 0.15) is 0 Å². The molecule has 0 aliphatic carbocycles. The first-order chi connectivity index (χ1) is 13.1. The molecule has 3 rings (SSSR count). The average molecular weight is 379 g/mol. The summed E-state index contributed by atoms with van der Waals surface area (Å²) in [6, 6.07) is 21.7. The second-order valence-corrected chi connectivity index (χ2v) is 6.04. The van der Waals surface area contributed by atoms with E-state index in [0.29, 0.717) is 16.1 Å². The Hall–Kier alpha value is -3.44. The highest BCUT2D eigenvalue weighted by atomic mass is 35.5. The Morgan fingerprint density at radius 3 is 2.04 bits per heavy atom. The van der Waals surface area contributed by atoms with Gasteiger partial charge in [-0.15, -0.1) is 0 Å². The standard InChI is InChI=1S/C21H15ClN2O3/c22-16-12-10-14(11-13-16)19(25)17-8-4-5-9-18(17)21(26)27-24-20(23)15-6-2-1-3-7-15/h1-13H,(H2,23,24). The number of hydrogen-bond donors (Lipinski definition) is 1. The number of carbonyl (C=O) groups excluding carboxylic acids is 2. The molecule has 6 heteroatoms. The Bertz CT molecular complexity index is 999. The van der Waals surface area contributed by atoms with E-state index in [4.69, 9.17) is 22.2 Å². The fraction of sp³-hybridized carbons (Fsp3) is 0. The Labute approximate surface area is 161 Å². The van der Waals surface area contributed by atoms with Gasteiger partial charge in [-0.25, -0.2) is 4.79 Å². The van der Waals surface area contributed by atoms with E-state index < -0.39 is 5.97 Å². The predicted octanol–water partition coefficient (Wildman–Crippen LogP) is 4.05. The molecule has 3 aromatic rings. The molecule has 0 radical (unpaired) electrons. The van der Waals surface area contributed by atoms with Gasteiger partial charge >= 0.3 is 5.97 Å². The highest BCUT2D eigenvalue weighted by molar-refractivity contribution is 6.30. The maximum absolute atomic E-state index is 12.7. The van der Waals surface area contributed by atoms with Gasteiger partial charge in [0.25, 0.3) is 0 Å². The van der Waals surface area contributed by atoms with Crippen molar-refractivity contribution < 1.29 is 14.4 Å². The number of rotatable bonds is 5. The monoisotopic (exact) mass is 378 g/mol. The van der Waals surface area contributed by atoms with E-state index in [-0.39, 0.29) is 22.7 Å². The van der Waals surface area contributed by atoms with Crippen LogP contribution in [-0.2, 0) is 4.84 Å². The molecular weight excluding hydrogens is 364 g/mol. The number of nitrogens with two attached hydrogens (primary N) is 1. The van der Waals surface area contributed by atoms with Crippen molar-refractivity contribution in [3.05, 3.63) is 106 Å². The van der Waals surface area contributed by atoms with Gasteiger partial charge in [0.15, 0.2) is 11.6 Å². The lowest BCUT2D eigenvalue weighted by molar-refractivity contribution is 0.0513. The third kappa shape index (κ3) is 4.40. The predicted molar refractivity (Wildman–Crippen MR) is 104 cm³/mol. The molecule has 0 unspecified atom stereocenters. The molecule has 0 aliphatic heterocycles. The summed E-state index contributed by atoms with van der Waals surface area (Å²) < 4.78 is 0. The number of nitrogens with zero attached hydrogens (tertiary/aromatic N) is 1. The minimum absolute atomic E-state index is 0.0606. The first-order valence-electron chi connectivity index (χ1n) is 8.06. The van der Waals surface area contributed by atoms with Crippen molar-refractivity contribution in [2.45, 2.75) is 0 Å². The van der Waals surface area contributed by atoms with Crippen LogP contribution in [0, 0.1) is 0 Å². The van der Waals surface area contributed by atoms with E-state index in [1.54, 1.807) is 66.7 Å². The summed E-state index contributed by atoms with van der Waals surface area (Å²) in [7, 11) is 0. The Morgan fingerprint density at radius 2 is 1.37 bits per heavy atom. The van der Waals surface area contributed by atoms with Crippen LogP contribution in [0.15, 0.2) is 84.0 Å². The lowest BCUT2D eigenvalue weighted by Gasteiger charge is -2.07. The summed E-state index contributed by atoms with van der Waals surface area (Å²) in [6.07, 6.45) is 0. The van der Waals surface area contributed by atoms with Crippen LogP contribution in [0.25, 0.3) is 0 Å². The van der Waals surface area contributed by atoms with E-state index in [9.17, 15) is 9.59 Å². The molecule has 5 nitrogen and oxygen atoms in total. The Kier molecular flexibility index (Phi) is 5.64. The highest BCUT2D eigenvalue weighted by Crippen LogP contribution is 2.18.